The summed E-state index contributed by atoms with van der Waals surface area (Å²) in [6, 6.07) is 28.7. The van der Waals surface area contributed by atoms with Crippen molar-refractivity contribution in [2.45, 2.75) is 52.3 Å². The van der Waals surface area contributed by atoms with Gasteiger partial charge in [-0.1, -0.05) is 91.0 Å². The Balaban J connectivity index is 1.81. The summed E-state index contributed by atoms with van der Waals surface area (Å²) >= 11 is 0. The molecule has 0 spiro atoms. The van der Waals surface area contributed by atoms with Gasteiger partial charge in [0, 0.05) is 6.92 Å². The third-order valence-electron chi connectivity index (χ3n) is 6.32. The van der Waals surface area contributed by atoms with Gasteiger partial charge in [-0.25, -0.2) is 0 Å². The second-order valence-corrected chi connectivity index (χ2v) is 11.4. The highest BCUT2D eigenvalue weighted by Gasteiger charge is 2.49. The van der Waals surface area contributed by atoms with Gasteiger partial charge < -0.3 is 28.0 Å². The van der Waals surface area contributed by atoms with E-state index in [0.29, 0.717) is 12.2 Å². The monoisotopic (exact) mass is 580 g/mol. The summed E-state index contributed by atoms with van der Waals surface area (Å²) in [5, 5.41) is 0.111. The molecule has 1 aliphatic heterocycles. The average Bonchev–Trinajstić information content (AvgIpc) is 2.98. The molecule has 218 valence electrons. The lowest BCUT2D eigenvalue weighted by Crippen LogP contribution is -2.44. The molecular formula is C32H37O8P. The molecule has 9 heteroatoms. The lowest BCUT2D eigenvalue weighted by molar-refractivity contribution is -0.157. The molecule has 0 amide bonds. The largest absolute Gasteiger partial charge is 0.428 e. The second kappa shape index (κ2) is 15.2. The van der Waals surface area contributed by atoms with Gasteiger partial charge in [0.1, 0.15) is 23.6 Å². The summed E-state index contributed by atoms with van der Waals surface area (Å²) in [6.45, 7) is 5.60. The Morgan fingerprint density at radius 2 is 1.34 bits per heavy atom. The standard InChI is InChI=1S/C32H37O8P/c1-4-37-41(34,38-5-2)32-29(27-19-13-8-14-20-27)40-28(23-35-21-25-15-9-6-10-16-25)30(31(32)39-24(3)33)36-22-26-17-11-7-12-18-26/h6-20,28-30H,4-5,21-23H2,1-3H3/t28-,29-,30+/m1/s1. The molecule has 3 aromatic carbocycles. The Hall–Kier alpha value is -3.10. The van der Waals surface area contributed by atoms with Crippen LogP contribution < -0.4 is 0 Å². The topological polar surface area (TPSA) is 89.5 Å². The highest BCUT2D eigenvalue weighted by Crippen LogP contribution is 2.64. The Kier molecular flexibility index (Phi) is 11.5. The second-order valence-electron chi connectivity index (χ2n) is 9.36. The summed E-state index contributed by atoms with van der Waals surface area (Å²) in [7, 11) is -4.01. The van der Waals surface area contributed by atoms with E-state index in [0.717, 1.165) is 11.1 Å². The van der Waals surface area contributed by atoms with Crippen LogP contribution >= 0.6 is 7.60 Å². The molecule has 8 nitrogen and oxygen atoms in total. The van der Waals surface area contributed by atoms with E-state index in [-0.39, 0.29) is 37.5 Å². The molecule has 1 heterocycles. The van der Waals surface area contributed by atoms with Gasteiger partial charge in [-0.3, -0.25) is 9.36 Å². The Labute approximate surface area is 241 Å². The van der Waals surface area contributed by atoms with Gasteiger partial charge in [-0.05, 0) is 30.5 Å². The van der Waals surface area contributed by atoms with Gasteiger partial charge >= 0.3 is 13.6 Å². The van der Waals surface area contributed by atoms with E-state index in [9.17, 15) is 9.36 Å². The van der Waals surface area contributed by atoms with Crippen molar-refractivity contribution in [3.8, 4) is 0 Å². The number of esters is 1. The Morgan fingerprint density at radius 1 is 0.805 bits per heavy atom. The zero-order chi connectivity index (χ0) is 29.1. The normalized spacial score (nSPS) is 19.2. The SMILES string of the molecule is CCOP(=O)(OCC)C1=C(OC(C)=O)[C@@H](OCc2ccccc2)[C@@H](COCc2ccccc2)O[C@@H]1c1ccccc1. The number of hydrogen-bond donors (Lipinski definition) is 0. The van der Waals surface area contributed by atoms with Crippen LogP contribution in [0.2, 0.25) is 0 Å². The average molecular weight is 581 g/mol. The van der Waals surface area contributed by atoms with Crippen LogP contribution in [0.5, 0.6) is 0 Å². The van der Waals surface area contributed by atoms with Crippen molar-refractivity contribution in [3.05, 3.63) is 119 Å². The van der Waals surface area contributed by atoms with Gasteiger partial charge in [-0.2, -0.15) is 0 Å². The van der Waals surface area contributed by atoms with E-state index in [1.165, 1.54) is 6.92 Å². The summed E-state index contributed by atoms with van der Waals surface area (Å²) < 4.78 is 50.9. The van der Waals surface area contributed by atoms with Crippen molar-refractivity contribution in [1.29, 1.82) is 0 Å². The van der Waals surface area contributed by atoms with Gasteiger partial charge in [-0.15, -0.1) is 0 Å². The maximum absolute atomic E-state index is 14.4. The van der Waals surface area contributed by atoms with E-state index in [1.54, 1.807) is 13.8 Å². The van der Waals surface area contributed by atoms with Crippen LogP contribution in [0.3, 0.4) is 0 Å². The van der Waals surface area contributed by atoms with E-state index in [4.69, 9.17) is 28.0 Å². The maximum Gasteiger partial charge on any atom is 0.363 e. The van der Waals surface area contributed by atoms with Crippen molar-refractivity contribution in [2.75, 3.05) is 19.8 Å². The predicted octanol–water partition coefficient (Wildman–Crippen LogP) is 6.97. The first-order valence-electron chi connectivity index (χ1n) is 13.7. The quantitative estimate of drug-likeness (QED) is 0.149. The highest BCUT2D eigenvalue weighted by atomic mass is 31.2. The molecular weight excluding hydrogens is 543 g/mol. The van der Waals surface area contributed by atoms with Crippen molar-refractivity contribution >= 4 is 13.6 Å². The third-order valence-corrected chi connectivity index (χ3v) is 8.56. The molecule has 3 aromatic rings. The predicted molar refractivity (Wildman–Crippen MR) is 155 cm³/mol. The van der Waals surface area contributed by atoms with Crippen LogP contribution in [0.25, 0.3) is 0 Å². The van der Waals surface area contributed by atoms with Crippen LogP contribution in [0.4, 0.5) is 0 Å². The van der Waals surface area contributed by atoms with Crippen LogP contribution in [-0.2, 0) is 50.6 Å². The number of carbonyl (C=O) groups is 1. The molecule has 0 radical (unpaired) electrons. The van der Waals surface area contributed by atoms with Gasteiger partial charge in [0.2, 0.25) is 0 Å². The summed E-state index contributed by atoms with van der Waals surface area (Å²) in [6.07, 6.45) is -2.57. The zero-order valence-corrected chi connectivity index (χ0v) is 24.5. The molecule has 0 saturated heterocycles. The molecule has 0 N–H and O–H groups in total. The molecule has 4 rings (SSSR count). The fraction of sp³-hybridized carbons (Fsp3) is 0.344. The van der Waals surface area contributed by atoms with Crippen molar-refractivity contribution in [2.24, 2.45) is 0 Å². The number of hydrogen-bond acceptors (Lipinski definition) is 8. The first-order chi connectivity index (χ1) is 19.9. The molecule has 0 aromatic heterocycles. The van der Waals surface area contributed by atoms with Gasteiger partial charge in [0.05, 0.1) is 33.0 Å². The Morgan fingerprint density at radius 3 is 1.88 bits per heavy atom. The maximum atomic E-state index is 14.4. The molecule has 41 heavy (non-hydrogen) atoms. The molecule has 3 atom stereocenters. The molecule has 1 aliphatic rings. The van der Waals surface area contributed by atoms with Gasteiger partial charge in [0.15, 0.2) is 5.76 Å². The molecule has 0 aliphatic carbocycles. The third kappa shape index (κ3) is 8.23. The van der Waals surface area contributed by atoms with Crippen LogP contribution in [0.15, 0.2) is 102 Å². The molecule has 0 bridgehead atoms. The minimum Gasteiger partial charge on any atom is -0.428 e. The smallest absolute Gasteiger partial charge is 0.363 e. The Bertz CT molecular complexity index is 1300. The fourth-order valence-corrected chi connectivity index (χ4v) is 6.59. The molecule has 0 saturated carbocycles. The minimum atomic E-state index is -4.01. The van der Waals surface area contributed by atoms with E-state index in [2.05, 4.69) is 0 Å². The molecule has 0 unspecified atom stereocenters. The zero-order valence-electron chi connectivity index (χ0n) is 23.6. The lowest BCUT2D eigenvalue weighted by Gasteiger charge is -2.40. The van der Waals surface area contributed by atoms with Crippen molar-refractivity contribution < 1.29 is 37.4 Å². The first-order valence-corrected chi connectivity index (χ1v) is 15.3. The number of carbonyl (C=O) groups excluding carboxylic acids is 1. The van der Waals surface area contributed by atoms with E-state index in [1.807, 2.05) is 91.0 Å². The minimum absolute atomic E-state index is 0.0621. The van der Waals surface area contributed by atoms with Crippen molar-refractivity contribution in [3.63, 3.8) is 0 Å². The summed E-state index contributed by atoms with van der Waals surface area (Å²) in [5.74, 6) is -0.532. The van der Waals surface area contributed by atoms with Crippen LogP contribution in [-0.4, -0.2) is 38.0 Å². The van der Waals surface area contributed by atoms with Crippen LogP contribution in [0.1, 0.15) is 43.6 Å². The summed E-state index contributed by atoms with van der Waals surface area (Å²) in [5.41, 5.74) is 2.60. The van der Waals surface area contributed by atoms with Gasteiger partial charge in [0.25, 0.3) is 0 Å². The van der Waals surface area contributed by atoms with E-state index >= 15 is 0 Å². The fourth-order valence-electron chi connectivity index (χ4n) is 4.62. The van der Waals surface area contributed by atoms with E-state index < -0.39 is 31.9 Å². The first kappa shape index (κ1) is 30.8. The van der Waals surface area contributed by atoms with Crippen LogP contribution in [0, 0.1) is 0 Å². The van der Waals surface area contributed by atoms with Crippen molar-refractivity contribution in [1.82, 2.24) is 0 Å². The number of rotatable bonds is 14. The lowest BCUT2D eigenvalue weighted by atomic mass is 10.0. The highest BCUT2D eigenvalue weighted by molar-refractivity contribution is 7.58. The number of benzene rings is 3. The molecule has 0 fully saturated rings. The summed E-state index contributed by atoms with van der Waals surface area (Å²) in [4.78, 5) is 12.5. The number of ether oxygens (including phenoxy) is 4.